The number of rotatable bonds is 7. The zero-order valence-electron chi connectivity index (χ0n) is 14.6. The van der Waals surface area contributed by atoms with Gasteiger partial charge in [0, 0.05) is 12.5 Å². The molecule has 0 aromatic heterocycles. The molecular formula is C19H26N2O4. The molecule has 136 valence electrons. The van der Waals surface area contributed by atoms with Crippen LogP contribution in [0.1, 0.15) is 43.2 Å². The fraction of sp³-hybridized carbons (Fsp3) is 0.526. The molecule has 6 nitrogen and oxygen atoms in total. The van der Waals surface area contributed by atoms with Crippen LogP contribution in [-0.2, 0) is 20.8 Å². The Kier molecular flexibility index (Phi) is 6.98. The first-order chi connectivity index (χ1) is 11.9. The normalized spacial score (nSPS) is 19.9. The van der Waals surface area contributed by atoms with Gasteiger partial charge < -0.3 is 15.7 Å². The maximum Gasteiger partial charge on any atom is 0.306 e. The van der Waals surface area contributed by atoms with Crippen LogP contribution >= 0.6 is 0 Å². The van der Waals surface area contributed by atoms with Crippen LogP contribution in [0.2, 0.25) is 0 Å². The Balaban J connectivity index is 1.62. The van der Waals surface area contributed by atoms with Crippen LogP contribution in [0.4, 0.5) is 0 Å². The molecule has 2 rings (SSSR count). The number of hydrogen-bond acceptors (Lipinski definition) is 3. The smallest absolute Gasteiger partial charge is 0.306 e. The van der Waals surface area contributed by atoms with Crippen LogP contribution in [0, 0.1) is 12.8 Å². The minimum atomic E-state index is -0.759. The third-order valence-corrected chi connectivity index (χ3v) is 4.65. The maximum absolute atomic E-state index is 11.9. The van der Waals surface area contributed by atoms with Gasteiger partial charge in [0.15, 0.2) is 0 Å². The van der Waals surface area contributed by atoms with Crippen LogP contribution < -0.4 is 10.6 Å². The Morgan fingerprint density at radius 3 is 2.28 bits per heavy atom. The zero-order chi connectivity index (χ0) is 18.2. The van der Waals surface area contributed by atoms with Crippen molar-refractivity contribution in [2.24, 2.45) is 5.92 Å². The van der Waals surface area contributed by atoms with Crippen molar-refractivity contribution in [3.8, 4) is 0 Å². The van der Waals surface area contributed by atoms with E-state index in [9.17, 15) is 14.4 Å². The molecule has 0 unspecified atom stereocenters. The summed E-state index contributed by atoms with van der Waals surface area (Å²) >= 11 is 0. The van der Waals surface area contributed by atoms with Crippen molar-refractivity contribution in [1.82, 2.24) is 10.6 Å². The van der Waals surface area contributed by atoms with Crippen molar-refractivity contribution < 1.29 is 19.5 Å². The van der Waals surface area contributed by atoms with Gasteiger partial charge in [0.25, 0.3) is 0 Å². The molecule has 0 bridgehead atoms. The number of carbonyl (C=O) groups excluding carboxylic acids is 2. The SMILES string of the molecule is Cc1ccc(CCC(=O)NCC(=O)NC2CCC(C(=O)O)CC2)cc1. The topological polar surface area (TPSA) is 95.5 Å². The molecule has 1 aromatic carbocycles. The molecule has 0 atom stereocenters. The summed E-state index contributed by atoms with van der Waals surface area (Å²) in [5.74, 6) is -1.42. The second kappa shape index (κ2) is 9.20. The van der Waals surface area contributed by atoms with Crippen molar-refractivity contribution in [3.05, 3.63) is 35.4 Å². The molecule has 0 heterocycles. The van der Waals surface area contributed by atoms with Crippen LogP contribution in [-0.4, -0.2) is 35.5 Å². The summed E-state index contributed by atoms with van der Waals surface area (Å²) in [6, 6.07) is 8.04. The number of carboxylic acid groups (broad SMARTS) is 1. The van der Waals surface area contributed by atoms with Crippen LogP contribution in [0.5, 0.6) is 0 Å². The quantitative estimate of drug-likeness (QED) is 0.701. The van der Waals surface area contributed by atoms with Gasteiger partial charge in [-0.05, 0) is 44.6 Å². The highest BCUT2D eigenvalue weighted by Crippen LogP contribution is 2.24. The molecule has 0 spiro atoms. The summed E-state index contributed by atoms with van der Waals surface area (Å²) in [6.07, 6.45) is 3.51. The number of hydrogen-bond donors (Lipinski definition) is 3. The van der Waals surface area contributed by atoms with Gasteiger partial charge in [-0.25, -0.2) is 0 Å². The number of carbonyl (C=O) groups is 3. The predicted octanol–water partition coefficient (Wildman–Crippen LogP) is 1.80. The molecule has 0 aliphatic heterocycles. The van der Waals surface area contributed by atoms with Gasteiger partial charge in [-0.2, -0.15) is 0 Å². The Morgan fingerprint density at radius 2 is 1.68 bits per heavy atom. The number of aliphatic carboxylic acids is 1. The summed E-state index contributed by atoms with van der Waals surface area (Å²) in [5.41, 5.74) is 2.28. The lowest BCUT2D eigenvalue weighted by Gasteiger charge is -2.26. The Hall–Kier alpha value is -2.37. The van der Waals surface area contributed by atoms with Gasteiger partial charge >= 0.3 is 5.97 Å². The van der Waals surface area contributed by atoms with E-state index in [1.807, 2.05) is 31.2 Å². The van der Waals surface area contributed by atoms with E-state index >= 15 is 0 Å². The van der Waals surface area contributed by atoms with Gasteiger partial charge in [0.1, 0.15) is 0 Å². The molecule has 0 saturated heterocycles. The molecule has 0 radical (unpaired) electrons. The largest absolute Gasteiger partial charge is 0.481 e. The lowest BCUT2D eigenvalue weighted by Crippen LogP contribution is -2.43. The van der Waals surface area contributed by atoms with E-state index in [-0.39, 0.29) is 30.3 Å². The van der Waals surface area contributed by atoms with Crippen molar-refractivity contribution in [2.45, 2.75) is 51.5 Å². The number of carboxylic acids is 1. The highest BCUT2D eigenvalue weighted by molar-refractivity contribution is 5.84. The third kappa shape index (κ3) is 6.57. The van der Waals surface area contributed by atoms with Crippen molar-refractivity contribution >= 4 is 17.8 Å². The number of amides is 2. The third-order valence-electron chi connectivity index (χ3n) is 4.65. The van der Waals surface area contributed by atoms with Gasteiger partial charge in [-0.3, -0.25) is 14.4 Å². The van der Waals surface area contributed by atoms with E-state index in [0.29, 0.717) is 38.5 Å². The standard InChI is InChI=1S/C19H26N2O4/c1-13-2-4-14(5-3-13)6-11-17(22)20-12-18(23)21-16-9-7-15(8-10-16)19(24)25/h2-5,15-16H,6-12H2,1H3,(H,20,22)(H,21,23)(H,24,25). The first kappa shape index (κ1) is 19.0. The Labute approximate surface area is 148 Å². The van der Waals surface area contributed by atoms with Crippen LogP contribution in [0.3, 0.4) is 0 Å². The molecule has 1 aromatic rings. The Bertz CT molecular complexity index is 604. The molecular weight excluding hydrogens is 320 g/mol. The van der Waals surface area contributed by atoms with E-state index < -0.39 is 5.97 Å². The summed E-state index contributed by atoms with van der Waals surface area (Å²) in [4.78, 5) is 34.6. The number of aryl methyl sites for hydroxylation is 2. The summed E-state index contributed by atoms with van der Waals surface area (Å²) in [7, 11) is 0. The van der Waals surface area contributed by atoms with Crippen molar-refractivity contribution in [1.29, 1.82) is 0 Å². The van der Waals surface area contributed by atoms with Crippen LogP contribution in [0.15, 0.2) is 24.3 Å². The molecule has 1 saturated carbocycles. The van der Waals surface area contributed by atoms with E-state index in [1.165, 1.54) is 5.56 Å². The van der Waals surface area contributed by atoms with Gasteiger partial charge in [0.05, 0.1) is 12.5 Å². The van der Waals surface area contributed by atoms with Crippen molar-refractivity contribution in [3.63, 3.8) is 0 Å². The van der Waals surface area contributed by atoms with Crippen molar-refractivity contribution in [2.75, 3.05) is 6.54 Å². The molecule has 6 heteroatoms. The number of benzene rings is 1. The summed E-state index contributed by atoms with van der Waals surface area (Å²) < 4.78 is 0. The van der Waals surface area contributed by atoms with E-state index in [2.05, 4.69) is 10.6 Å². The molecule has 25 heavy (non-hydrogen) atoms. The Morgan fingerprint density at radius 1 is 1.04 bits per heavy atom. The fourth-order valence-corrected chi connectivity index (χ4v) is 3.04. The predicted molar refractivity (Wildman–Crippen MR) is 94.0 cm³/mol. The highest BCUT2D eigenvalue weighted by Gasteiger charge is 2.26. The van der Waals surface area contributed by atoms with E-state index in [1.54, 1.807) is 0 Å². The first-order valence-electron chi connectivity index (χ1n) is 8.78. The summed E-state index contributed by atoms with van der Waals surface area (Å²) in [5, 5.41) is 14.5. The maximum atomic E-state index is 11.9. The van der Waals surface area contributed by atoms with Gasteiger partial charge in [-0.1, -0.05) is 29.8 Å². The minimum absolute atomic E-state index is 0.00700. The first-order valence-corrected chi connectivity index (χ1v) is 8.78. The lowest BCUT2D eigenvalue weighted by molar-refractivity contribution is -0.142. The number of nitrogens with one attached hydrogen (secondary N) is 2. The van der Waals surface area contributed by atoms with E-state index in [4.69, 9.17) is 5.11 Å². The molecule has 2 amide bonds. The van der Waals surface area contributed by atoms with E-state index in [0.717, 1.165) is 5.56 Å². The average Bonchev–Trinajstić information content (AvgIpc) is 2.60. The average molecular weight is 346 g/mol. The molecule has 3 N–H and O–H groups in total. The zero-order valence-corrected chi connectivity index (χ0v) is 14.6. The summed E-state index contributed by atoms with van der Waals surface area (Å²) in [6.45, 7) is 1.98. The van der Waals surface area contributed by atoms with Gasteiger partial charge in [0.2, 0.25) is 11.8 Å². The molecule has 1 aliphatic carbocycles. The monoisotopic (exact) mass is 346 g/mol. The highest BCUT2D eigenvalue weighted by atomic mass is 16.4. The molecule has 1 fully saturated rings. The second-order valence-electron chi connectivity index (χ2n) is 6.72. The fourth-order valence-electron chi connectivity index (χ4n) is 3.04. The van der Waals surface area contributed by atoms with Gasteiger partial charge in [-0.15, -0.1) is 0 Å². The second-order valence-corrected chi connectivity index (χ2v) is 6.72. The van der Waals surface area contributed by atoms with Crippen LogP contribution in [0.25, 0.3) is 0 Å². The molecule has 1 aliphatic rings. The lowest BCUT2D eigenvalue weighted by atomic mass is 9.86. The minimum Gasteiger partial charge on any atom is -0.481 e.